The number of benzene rings is 1. The lowest BCUT2D eigenvalue weighted by Crippen LogP contribution is -2.34. The Hall–Kier alpha value is -1.51. The molecule has 18 heavy (non-hydrogen) atoms. The molecule has 2 rings (SSSR count). The molecule has 1 aliphatic rings. The molecule has 0 bridgehead atoms. The molecular formula is C15H21NO2. The van der Waals surface area contributed by atoms with Crippen molar-refractivity contribution in [2.24, 2.45) is 5.92 Å². The zero-order valence-corrected chi connectivity index (χ0v) is 11.1. The second kappa shape index (κ2) is 5.42. The summed E-state index contributed by atoms with van der Waals surface area (Å²) in [6, 6.07) is 7.76. The Morgan fingerprint density at radius 1 is 1.28 bits per heavy atom. The minimum absolute atomic E-state index is 0.364. The molecule has 0 heterocycles. The molecule has 1 N–H and O–H groups in total. The summed E-state index contributed by atoms with van der Waals surface area (Å²) in [6.45, 7) is 2.31. The van der Waals surface area contributed by atoms with E-state index in [0.717, 1.165) is 11.6 Å². The fraction of sp³-hybridized carbons (Fsp3) is 0.533. The largest absolute Gasteiger partial charge is 0.478 e. The highest BCUT2D eigenvalue weighted by atomic mass is 16.4. The van der Waals surface area contributed by atoms with Gasteiger partial charge in [-0.2, -0.15) is 0 Å². The Morgan fingerprint density at radius 3 is 2.56 bits per heavy atom. The second-order valence-corrected chi connectivity index (χ2v) is 5.38. The zero-order valence-electron chi connectivity index (χ0n) is 11.1. The predicted octanol–water partition coefficient (Wildman–Crippen LogP) is 3.40. The lowest BCUT2D eigenvalue weighted by molar-refractivity contribution is 0.0697. The van der Waals surface area contributed by atoms with Gasteiger partial charge < -0.3 is 10.0 Å². The van der Waals surface area contributed by atoms with Crippen LogP contribution in [-0.2, 0) is 0 Å². The monoisotopic (exact) mass is 247 g/mol. The van der Waals surface area contributed by atoms with Gasteiger partial charge in [0.05, 0.1) is 5.56 Å². The number of aromatic carboxylic acids is 1. The number of anilines is 1. The molecule has 3 nitrogen and oxygen atoms in total. The van der Waals surface area contributed by atoms with Crippen LogP contribution in [0.25, 0.3) is 0 Å². The molecule has 1 aromatic carbocycles. The molecule has 1 fully saturated rings. The van der Waals surface area contributed by atoms with Crippen LogP contribution in [0, 0.1) is 5.92 Å². The van der Waals surface area contributed by atoms with Gasteiger partial charge in [-0.25, -0.2) is 4.79 Å². The van der Waals surface area contributed by atoms with Crippen molar-refractivity contribution in [1.82, 2.24) is 0 Å². The van der Waals surface area contributed by atoms with Crippen LogP contribution in [0.1, 0.15) is 43.0 Å². The van der Waals surface area contributed by atoms with E-state index < -0.39 is 5.97 Å². The Labute approximate surface area is 108 Å². The smallest absolute Gasteiger partial charge is 0.335 e. The minimum Gasteiger partial charge on any atom is -0.478 e. The summed E-state index contributed by atoms with van der Waals surface area (Å²) in [5, 5.41) is 9.02. The topological polar surface area (TPSA) is 40.5 Å². The molecule has 0 aliphatic heterocycles. The summed E-state index contributed by atoms with van der Waals surface area (Å²) in [5.41, 5.74) is 1.37. The van der Waals surface area contributed by atoms with Crippen LogP contribution in [0.3, 0.4) is 0 Å². The summed E-state index contributed by atoms with van der Waals surface area (Å²) >= 11 is 0. The first kappa shape index (κ1) is 12.9. The SMILES string of the molecule is CC1CCC(N(C)c2cccc(C(=O)O)c2)CC1. The van der Waals surface area contributed by atoms with Crippen LogP contribution < -0.4 is 4.90 Å². The zero-order chi connectivity index (χ0) is 13.1. The lowest BCUT2D eigenvalue weighted by Gasteiger charge is -2.35. The summed E-state index contributed by atoms with van der Waals surface area (Å²) in [4.78, 5) is 13.2. The molecule has 0 atom stereocenters. The first-order valence-corrected chi connectivity index (χ1v) is 6.64. The van der Waals surface area contributed by atoms with E-state index >= 15 is 0 Å². The van der Waals surface area contributed by atoms with Crippen molar-refractivity contribution in [1.29, 1.82) is 0 Å². The molecule has 1 saturated carbocycles. The maximum atomic E-state index is 11.0. The molecule has 1 aromatic rings. The van der Waals surface area contributed by atoms with Crippen LogP contribution in [0.15, 0.2) is 24.3 Å². The normalized spacial score (nSPS) is 23.7. The van der Waals surface area contributed by atoms with Gasteiger partial charge in [0.15, 0.2) is 0 Å². The van der Waals surface area contributed by atoms with E-state index in [9.17, 15) is 4.79 Å². The van der Waals surface area contributed by atoms with E-state index in [1.807, 2.05) is 12.1 Å². The average molecular weight is 247 g/mol. The number of rotatable bonds is 3. The van der Waals surface area contributed by atoms with Crippen LogP contribution >= 0.6 is 0 Å². The van der Waals surface area contributed by atoms with Gasteiger partial charge in [0.1, 0.15) is 0 Å². The third-order valence-electron chi connectivity index (χ3n) is 4.03. The van der Waals surface area contributed by atoms with E-state index in [0.29, 0.717) is 11.6 Å². The maximum Gasteiger partial charge on any atom is 0.335 e. The minimum atomic E-state index is -0.859. The van der Waals surface area contributed by atoms with Gasteiger partial charge in [-0.3, -0.25) is 0 Å². The Bertz CT molecular complexity index is 422. The molecule has 3 heteroatoms. The maximum absolute atomic E-state index is 11.0. The number of hydrogen-bond donors (Lipinski definition) is 1. The standard InChI is InChI=1S/C15H21NO2/c1-11-6-8-13(9-7-11)16(2)14-5-3-4-12(10-14)15(17)18/h3-5,10-11,13H,6-9H2,1-2H3,(H,17,18). The highest BCUT2D eigenvalue weighted by Gasteiger charge is 2.22. The van der Waals surface area contributed by atoms with Gasteiger partial charge >= 0.3 is 5.97 Å². The van der Waals surface area contributed by atoms with E-state index in [1.54, 1.807) is 12.1 Å². The predicted molar refractivity (Wildman–Crippen MR) is 73.2 cm³/mol. The number of carboxylic acids is 1. The van der Waals surface area contributed by atoms with Crippen molar-refractivity contribution in [2.45, 2.75) is 38.6 Å². The van der Waals surface area contributed by atoms with Crippen LogP contribution in [-0.4, -0.2) is 24.2 Å². The van der Waals surface area contributed by atoms with Crippen molar-refractivity contribution in [2.75, 3.05) is 11.9 Å². The van der Waals surface area contributed by atoms with Crippen LogP contribution in [0.5, 0.6) is 0 Å². The lowest BCUT2D eigenvalue weighted by atomic mass is 9.86. The van der Waals surface area contributed by atoms with Crippen molar-refractivity contribution in [3.05, 3.63) is 29.8 Å². The number of carbonyl (C=O) groups is 1. The molecule has 0 spiro atoms. The summed E-state index contributed by atoms with van der Waals surface area (Å²) in [7, 11) is 2.07. The Balaban J connectivity index is 2.10. The van der Waals surface area contributed by atoms with Crippen LogP contribution in [0.4, 0.5) is 5.69 Å². The molecular weight excluding hydrogens is 226 g/mol. The van der Waals surface area contributed by atoms with Crippen molar-refractivity contribution in [3.63, 3.8) is 0 Å². The second-order valence-electron chi connectivity index (χ2n) is 5.38. The summed E-state index contributed by atoms with van der Waals surface area (Å²) in [5.74, 6) is -0.0254. The van der Waals surface area contributed by atoms with Gasteiger partial charge in [-0.15, -0.1) is 0 Å². The average Bonchev–Trinajstić information content (AvgIpc) is 2.39. The number of nitrogens with zero attached hydrogens (tertiary/aromatic N) is 1. The number of hydrogen-bond acceptors (Lipinski definition) is 2. The fourth-order valence-corrected chi connectivity index (χ4v) is 2.70. The fourth-order valence-electron chi connectivity index (χ4n) is 2.70. The third-order valence-corrected chi connectivity index (χ3v) is 4.03. The molecule has 0 amide bonds. The molecule has 0 unspecified atom stereocenters. The van der Waals surface area contributed by atoms with E-state index in [2.05, 4.69) is 18.9 Å². The summed E-state index contributed by atoms with van der Waals surface area (Å²) in [6.07, 6.45) is 4.95. The summed E-state index contributed by atoms with van der Waals surface area (Å²) < 4.78 is 0. The molecule has 0 radical (unpaired) electrons. The number of carboxylic acid groups (broad SMARTS) is 1. The third kappa shape index (κ3) is 2.84. The Kier molecular flexibility index (Phi) is 3.90. The first-order valence-electron chi connectivity index (χ1n) is 6.64. The van der Waals surface area contributed by atoms with Gasteiger partial charge in [0.25, 0.3) is 0 Å². The van der Waals surface area contributed by atoms with Gasteiger partial charge in [-0.05, 0) is 49.8 Å². The quantitative estimate of drug-likeness (QED) is 0.890. The highest BCUT2D eigenvalue weighted by molar-refractivity contribution is 5.88. The van der Waals surface area contributed by atoms with Crippen molar-refractivity contribution in [3.8, 4) is 0 Å². The molecule has 0 aromatic heterocycles. The molecule has 0 saturated heterocycles. The van der Waals surface area contributed by atoms with Gasteiger partial charge in [0, 0.05) is 18.8 Å². The van der Waals surface area contributed by atoms with Gasteiger partial charge in [-0.1, -0.05) is 13.0 Å². The van der Waals surface area contributed by atoms with Crippen molar-refractivity contribution >= 4 is 11.7 Å². The van der Waals surface area contributed by atoms with E-state index in [1.165, 1.54) is 25.7 Å². The first-order chi connectivity index (χ1) is 8.58. The highest BCUT2D eigenvalue weighted by Crippen LogP contribution is 2.29. The van der Waals surface area contributed by atoms with Crippen LogP contribution in [0.2, 0.25) is 0 Å². The van der Waals surface area contributed by atoms with E-state index in [-0.39, 0.29) is 0 Å². The van der Waals surface area contributed by atoms with E-state index in [4.69, 9.17) is 5.11 Å². The van der Waals surface area contributed by atoms with Crippen molar-refractivity contribution < 1.29 is 9.90 Å². The Morgan fingerprint density at radius 2 is 1.94 bits per heavy atom. The molecule has 1 aliphatic carbocycles. The molecule has 98 valence electrons. The van der Waals surface area contributed by atoms with Gasteiger partial charge in [0.2, 0.25) is 0 Å².